The third-order valence-electron chi connectivity index (χ3n) is 6.01. The van der Waals surface area contributed by atoms with Crippen LogP contribution in [0.25, 0.3) is 0 Å². The van der Waals surface area contributed by atoms with Crippen LogP contribution < -0.4 is 5.56 Å². The van der Waals surface area contributed by atoms with Gasteiger partial charge in [-0.15, -0.1) is 0 Å². The van der Waals surface area contributed by atoms with E-state index >= 15 is 0 Å². The van der Waals surface area contributed by atoms with Crippen LogP contribution in [-0.4, -0.2) is 83.9 Å². The van der Waals surface area contributed by atoms with Gasteiger partial charge in [-0.05, 0) is 18.8 Å². The monoisotopic (exact) mass is 443 g/mol. The molecule has 2 amide bonds. The molecule has 1 aromatic heterocycles. The highest BCUT2D eigenvalue weighted by Crippen LogP contribution is 2.44. The number of aromatic amines is 1. The Balaban J connectivity index is 0.000000806. The third-order valence-corrected chi connectivity index (χ3v) is 7.62. The Labute approximate surface area is 172 Å². The fourth-order valence-corrected chi connectivity index (χ4v) is 5.82. The van der Waals surface area contributed by atoms with Crippen LogP contribution in [0.1, 0.15) is 25.0 Å². The van der Waals surface area contributed by atoms with Crippen molar-refractivity contribution in [2.75, 3.05) is 31.1 Å². The summed E-state index contributed by atoms with van der Waals surface area (Å²) in [6, 6.07) is 1.23. The molecule has 0 aromatic carbocycles. The minimum absolute atomic E-state index is 0.00988. The van der Waals surface area contributed by atoms with E-state index in [-0.39, 0.29) is 72.7 Å². The highest BCUT2D eigenvalue weighted by Gasteiger charge is 2.52. The molecule has 1 saturated carbocycles. The Morgan fingerprint density at radius 1 is 1.27 bits per heavy atom. The highest BCUT2D eigenvalue weighted by molar-refractivity contribution is 7.91. The molecule has 0 unspecified atom stereocenters. The average molecular weight is 443 g/mol. The lowest BCUT2D eigenvalue weighted by molar-refractivity contribution is -0.137. The molecular formula is C18H25N3O8S. The quantitative estimate of drug-likeness (QED) is 0.566. The van der Waals surface area contributed by atoms with Crippen LogP contribution in [0.3, 0.4) is 0 Å². The van der Waals surface area contributed by atoms with Gasteiger partial charge in [0.25, 0.3) is 12.0 Å². The Bertz CT molecular complexity index is 939. The lowest BCUT2D eigenvalue weighted by atomic mass is 9.96. The second kappa shape index (κ2) is 9.02. The van der Waals surface area contributed by atoms with Gasteiger partial charge in [0, 0.05) is 44.6 Å². The summed E-state index contributed by atoms with van der Waals surface area (Å²) < 4.78 is 28.2. The zero-order valence-corrected chi connectivity index (χ0v) is 17.2. The van der Waals surface area contributed by atoms with Crippen molar-refractivity contribution in [2.45, 2.75) is 31.7 Å². The molecule has 1 aromatic rings. The number of carbonyl (C=O) groups is 3. The number of likely N-dealkylation sites (tertiary alicyclic amines) is 1. The van der Waals surface area contributed by atoms with Crippen molar-refractivity contribution in [3.63, 3.8) is 0 Å². The summed E-state index contributed by atoms with van der Waals surface area (Å²) in [5.74, 6) is 0.362. The van der Waals surface area contributed by atoms with Gasteiger partial charge < -0.3 is 19.4 Å². The van der Waals surface area contributed by atoms with Crippen molar-refractivity contribution in [2.24, 2.45) is 11.8 Å². The average Bonchev–Trinajstić information content (AvgIpc) is 3.40. The van der Waals surface area contributed by atoms with E-state index in [4.69, 9.17) is 14.4 Å². The number of carboxylic acid groups (broad SMARTS) is 1. The molecule has 3 fully saturated rings. The maximum Gasteiger partial charge on any atom is 0.290 e. The standard InChI is InChI=1S/C17H23N3O6S.CH2O2/c21-14-9-12(26-18-14)2-4-15(22)20-10-11-1-3-13(20)16(11)17(23)19-5-7-27(24,25)8-6-19;2-1-3/h9,11,13,16H,1-8,10H2,(H,18,21);1H,(H,2,3)/t11-,13-,16+;/m0./s1. The van der Waals surface area contributed by atoms with E-state index in [9.17, 15) is 22.8 Å². The number of H-pyrrole nitrogens is 1. The van der Waals surface area contributed by atoms with Crippen molar-refractivity contribution < 1.29 is 32.4 Å². The summed E-state index contributed by atoms with van der Waals surface area (Å²) in [6.07, 6.45) is 2.29. The molecule has 4 rings (SSSR count). The number of hydrogen-bond acceptors (Lipinski definition) is 7. The van der Waals surface area contributed by atoms with Gasteiger partial charge in [0.15, 0.2) is 9.84 Å². The summed E-state index contributed by atoms with van der Waals surface area (Å²) in [7, 11) is -3.03. The zero-order valence-electron chi connectivity index (χ0n) is 16.4. The van der Waals surface area contributed by atoms with Crippen LogP contribution in [0.15, 0.2) is 15.4 Å². The van der Waals surface area contributed by atoms with Crippen LogP contribution in [-0.2, 0) is 30.6 Å². The number of sulfone groups is 1. The van der Waals surface area contributed by atoms with Crippen molar-refractivity contribution in [3.05, 3.63) is 22.2 Å². The number of piperidine rings is 1. The van der Waals surface area contributed by atoms with Crippen LogP contribution >= 0.6 is 0 Å². The maximum atomic E-state index is 13.0. The minimum atomic E-state index is -3.03. The largest absolute Gasteiger partial charge is 0.483 e. The molecule has 166 valence electrons. The molecule has 2 aliphatic heterocycles. The molecule has 0 radical (unpaired) electrons. The number of aryl methyl sites for hydroxylation is 1. The molecule has 30 heavy (non-hydrogen) atoms. The Kier molecular flexibility index (Phi) is 6.64. The highest BCUT2D eigenvalue weighted by atomic mass is 32.2. The Morgan fingerprint density at radius 2 is 1.93 bits per heavy atom. The molecule has 3 aliphatic rings. The fourth-order valence-electron chi connectivity index (χ4n) is 4.62. The predicted octanol–water partition coefficient (Wildman–Crippen LogP) is -0.905. The molecular weight excluding hydrogens is 418 g/mol. The summed E-state index contributed by atoms with van der Waals surface area (Å²) in [5.41, 5.74) is -0.327. The predicted molar refractivity (Wildman–Crippen MR) is 103 cm³/mol. The van der Waals surface area contributed by atoms with Crippen molar-refractivity contribution >= 4 is 28.1 Å². The van der Waals surface area contributed by atoms with E-state index in [1.165, 1.54) is 6.07 Å². The number of amides is 2. The maximum absolute atomic E-state index is 13.0. The SMILES string of the molecule is O=C([C@@H]1[C@H]2CC[C@@H]1N(C(=O)CCc1cc(=O)[nH]o1)C2)N1CCS(=O)(=O)CC1.O=CO. The molecule has 0 spiro atoms. The molecule has 2 N–H and O–H groups in total. The molecule has 11 nitrogen and oxygen atoms in total. The Hall–Kier alpha value is -2.63. The van der Waals surface area contributed by atoms with Crippen LogP contribution in [0.2, 0.25) is 0 Å². The lowest BCUT2D eigenvalue weighted by Gasteiger charge is -2.31. The molecule has 2 bridgehead atoms. The summed E-state index contributed by atoms with van der Waals surface area (Å²) >= 11 is 0. The fraction of sp³-hybridized carbons (Fsp3) is 0.667. The summed E-state index contributed by atoms with van der Waals surface area (Å²) in [4.78, 5) is 48.5. The first-order valence-corrected chi connectivity index (χ1v) is 11.6. The number of fused-ring (bicyclic) bond motifs is 2. The number of hydrogen-bond donors (Lipinski definition) is 2. The first-order valence-electron chi connectivity index (χ1n) is 9.79. The number of aromatic nitrogens is 1. The molecule has 3 atom stereocenters. The number of nitrogens with zero attached hydrogens (tertiary/aromatic N) is 2. The van der Waals surface area contributed by atoms with E-state index in [0.29, 0.717) is 18.7 Å². The number of carbonyl (C=O) groups excluding carboxylic acids is 2. The van der Waals surface area contributed by atoms with Gasteiger partial charge in [0.05, 0.1) is 17.4 Å². The van der Waals surface area contributed by atoms with Crippen LogP contribution in [0.4, 0.5) is 0 Å². The van der Waals surface area contributed by atoms with Gasteiger partial charge in [-0.3, -0.25) is 19.2 Å². The molecule has 3 heterocycles. The zero-order chi connectivity index (χ0) is 21.9. The lowest BCUT2D eigenvalue weighted by Crippen LogP contribution is -2.48. The Morgan fingerprint density at radius 3 is 2.53 bits per heavy atom. The second-order valence-corrected chi connectivity index (χ2v) is 10.0. The molecule has 12 heteroatoms. The number of rotatable bonds is 4. The van der Waals surface area contributed by atoms with Crippen LogP contribution in [0.5, 0.6) is 0 Å². The molecule has 2 saturated heterocycles. The van der Waals surface area contributed by atoms with Crippen LogP contribution in [0, 0.1) is 11.8 Å². The van der Waals surface area contributed by atoms with E-state index in [1.807, 2.05) is 0 Å². The number of nitrogens with one attached hydrogen (secondary N) is 1. The first-order chi connectivity index (χ1) is 14.3. The van der Waals surface area contributed by atoms with Gasteiger partial charge >= 0.3 is 0 Å². The smallest absolute Gasteiger partial charge is 0.290 e. The summed E-state index contributed by atoms with van der Waals surface area (Å²) in [6.45, 7) is 0.818. The van der Waals surface area contributed by atoms with E-state index in [1.54, 1.807) is 9.80 Å². The normalized spacial score (nSPS) is 26.7. The summed E-state index contributed by atoms with van der Waals surface area (Å²) in [5, 5.41) is 9.09. The van der Waals surface area contributed by atoms with Crippen molar-refractivity contribution in [3.8, 4) is 0 Å². The second-order valence-electron chi connectivity index (χ2n) is 7.74. The van der Waals surface area contributed by atoms with Gasteiger partial charge in [-0.2, -0.15) is 5.16 Å². The van der Waals surface area contributed by atoms with Gasteiger partial charge in [0.1, 0.15) is 5.76 Å². The third kappa shape index (κ3) is 4.74. The van der Waals surface area contributed by atoms with Crippen molar-refractivity contribution in [1.29, 1.82) is 0 Å². The van der Waals surface area contributed by atoms with Gasteiger partial charge in [-0.25, -0.2) is 8.42 Å². The van der Waals surface area contributed by atoms with Crippen molar-refractivity contribution in [1.82, 2.24) is 15.0 Å². The van der Waals surface area contributed by atoms with E-state index < -0.39 is 9.84 Å². The molecule has 1 aliphatic carbocycles. The van der Waals surface area contributed by atoms with Gasteiger partial charge in [-0.1, -0.05) is 0 Å². The van der Waals surface area contributed by atoms with E-state index in [0.717, 1.165) is 12.8 Å². The van der Waals surface area contributed by atoms with E-state index in [2.05, 4.69) is 5.16 Å². The topological polar surface area (TPSA) is 158 Å². The first kappa shape index (κ1) is 22.1. The van der Waals surface area contributed by atoms with Gasteiger partial charge in [0.2, 0.25) is 11.8 Å². The minimum Gasteiger partial charge on any atom is -0.483 e.